The molecule has 1 aromatic heterocycles. The Morgan fingerprint density at radius 1 is 1.18 bits per heavy atom. The fourth-order valence-corrected chi connectivity index (χ4v) is 4.76. The van der Waals surface area contributed by atoms with Crippen LogP contribution in [0.5, 0.6) is 5.75 Å². The van der Waals surface area contributed by atoms with Gasteiger partial charge in [-0.15, -0.1) is 0 Å². The summed E-state index contributed by atoms with van der Waals surface area (Å²) >= 11 is 0. The van der Waals surface area contributed by atoms with Gasteiger partial charge in [-0.2, -0.15) is 0 Å². The molecular weight excluding hydrogens is 430 g/mol. The summed E-state index contributed by atoms with van der Waals surface area (Å²) in [4.78, 5) is 29.2. The first kappa shape index (κ1) is 24.4. The number of anilines is 1. The first-order chi connectivity index (χ1) is 16.4. The molecule has 2 aliphatic rings. The van der Waals surface area contributed by atoms with E-state index in [4.69, 9.17) is 14.5 Å². The molecule has 0 N–H and O–H groups in total. The minimum absolute atomic E-state index is 0.0199. The van der Waals surface area contributed by atoms with Gasteiger partial charge in [0.15, 0.2) is 0 Å². The summed E-state index contributed by atoms with van der Waals surface area (Å²) in [5.41, 5.74) is 1.40. The van der Waals surface area contributed by atoms with Crippen LogP contribution < -0.4 is 9.64 Å². The average Bonchev–Trinajstić information content (AvgIpc) is 2.84. The van der Waals surface area contributed by atoms with Crippen molar-refractivity contribution in [3.63, 3.8) is 0 Å². The highest BCUT2D eigenvalue weighted by Gasteiger charge is 2.37. The maximum absolute atomic E-state index is 13.6. The number of likely N-dealkylation sites (tertiary alicyclic amines) is 1. The molecular formula is C26H37N5O3. The Balaban J connectivity index is 1.47. The second-order valence-electron chi connectivity index (χ2n) is 9.74. The van der Waals surface area contributed by atoms with Crippen LogP contribution in [0, 0.1) is 6.92 Å². The van der Waals surface area contributed by atoms with Crippen molar-refractivity contribution in [2.75, 3.05) is 71.5 Å². The van der Waals surface area contributed by atoms with E-state index in [-0.39, 0.29) is 11.3 Å². The molecule has 1 aromatic carbocycles. The molecule has 0 spiro atoms. The van der Waals surface area contributed by atoms with Gasteiger partial charge in [0.2, 0.25) is 0 Å². The highest BCUT2D eigenvalue weighted by atomic mass is 16.5. The first-order valence-corrected chi connectivity index (χ1v) is 12.2. The largest absolute Gasteiger partial charge is 0.491 e. The minimum Gasteiger partial charge on any atom is -0.491 e. The maximum atomic E-state index is 13.6. The van der Waals surface area contributed by atoms with E-state index in [2.05, 4.69) is 22.9 Å². The third-order valence-corrected chi connectivity index (χ3v) is 6.77. The number of aromatic nitrogens is 2. The van der Waals surface area contributed by atoms with Crippen LogP contribution in [0.4, 0.5) is 5.82 Å². The zero-order valence-corrected chi connectivity index (χ0v) is 20.9. The van der Waals surface area contributed by atoms with E-state index in [1.807, 2.05) is 55.1 Å². The van der Waals surface area contributed by atoms with Crippen LogP contribution in [0.25, 0.3) is 0 Å². The van der Waals surface area contributed by atoms with Gasteiger partial charge in [0.25, 0.3) is 5.91 Å². The Labute approximate surface area is 202 Å². The predicted octanol–water partition coefficient (Wildman–Crippen LogP) is 2.76. The van der Waals surface area contributed by atoms with E-state index in [9.17, 15) is 4.79 Å². The highest BCUT2D eigenvalue weighted by molar-refractivity contribution is 5.97. The minimum atomic E-state index is -0.224. The number of para-hydroxylation sites is 1. The second kappa shape index (κ2) is 10.7. The Morgan fingerprint density at radius 2 is 1.94 bits per heavy atom. The normalized spacial score (nSPS) is 21.4. The predicted molar refractivity (Wildman–Crippen MR) is 133 cm³/mol. The number of rotatable bonds is 7. The maximum Gasteiger partial charge on any atom is 0.257 e. The fourth-order valence-electron chi connectivity index (χ4n) is 4.76. The van der Waals surface area contributed by atoms with E-state index in [1.165, 1.54) is 0 Å². The molecule has 3 heterocycles. The number of aryl methyl sites for hydroxylation is 1. The number of nitrogens with zero attached hydrogens (tertiary/aromatic N) is 5. The molecule has 34 heavy (non-hydrogen) atoms. The lowest BCUT2D eigenvalue weighted by molar-refractivity contribution is 0.0321. The Kier molecular flexibility index (Phi) is 7.68. The van der Waals surface area contributed by atoms with Gasteiger partial charge in [-0.05, 0) is 31.9 Å². The van der Waals surface area contributed by atoms with E-state index in [0.717, 1.165) is 69.6 Å². The van der Waals surface area contributed by atoms with Crippen molar-refractivity contribution in [2.24, 2.45) is 0 Å². The number of morpholine rings is 1. The molecule has 0 bridgehead atoms. The number of carbonyl (C=O) groups is 1. The summed E-state index contributed by atoms with van der Waals surface area (Å²) in [5.74, 6) is 2.32. The molecule has 0 aliphatic carbocycles. The van der Waals surface area contributed by atoms with Gasteiger partial charge in [0, 0.05) is 58.3 Å². The Bertz CT molecular complexity index is 992. The zero-order chi connectivity index (χ0) is 24.1. The molecule has 1 unspecified atom stereocenters. The topological polar surface area (TPSA) is 71.0 Å². The van der Waals surface area contributed by atoms with Crippen LogP contribution >= 0.6 is 0 Å². The fraction of sp³-hybridized carbons (Fsp3) is 0.577. The molecule has 0 saturated carbocycles. The Morgan fingerprint density at radius 3 is 2.71 bits per heavy atom. The third kappa shape index (κ3) is 5.67. The van der Waals surface area contributed by atoms with Crippen molar-refractivity contribution in [1.82, 2.24) is 19.8 Å². The molecule has 0 radical (unpaired) electrons. The van der Waals surface area contributed by atoms with Gasteiger partial charge in [-0.1, -0.05) is 19.1 Å². The van der Waals surface area contributed by atoms with Crippen LogP contribution in [-0.4, -0.2) is 92.3 Å². The van der Waals surface area contributed by atoms with Crippen LogP contribution in [0.2, 0.25) is 0 Å². The molecule has 8 heteroatoms. The molecule has 8 nitrogen and oxygen atoms in total. The van der Waals surface area contributed by atoms with Crippen LogP contribution in [0.3, 0.4) is 0 Å². The van der Waals surface area contributed by atoms with Gasteiger partial charge in [0.05, 0.1) is 24.5 Å². The van der Waals surface area contributed by atoms with Crippen LogP contribution in [0.15, 0.2) is 30.3 Å². The summed E-state index contributed by atoms with van der Waals surface area (Å²) in [7, 11) is 3.97. The summed E-state index contributed by atoms with van der Waals surface area (Å²) in [6, 6.07) is 9.66. The molecule has 1 amide bonds. The van der Waals surface area contributed by atoms with Gasteiger partial charge < -0.3 is 19.3 Å². The third-order valence-electron chi connectivity index (χ3n) is 6.77. The smallest absolute Gasteiger partial charge is 0.257 e. The van der Waals surface area contributed by atoms with E-state index < -0.39 is 0 Å². The first-order valence-electron chi connectivity index (χ1n) is 12.2. The lowest BCUT2D eigenvalue weighted by atomic mass is 9.78. The highest BCUT2D eigenvalue weighted by Crippen LogP contribution is 2.35. The number of hydrogen-bond acceptors (Lipinski definition) is 7. The summed E-state index contributed by atoms with van der Waals surface area (Å²) in [5, 5.41) is 0. The lowest BCUT2D eigenvalue weighted by Crippen LogP contribution is -2.47. The number of benzene rings is 1. The molecule has 184 valence electrons. The summed E-state index contributed by atoms with van der Waals surface area (Å²) in [6.45, 7) is 10.3. The molecule has 2 saturated heterocycles. The van der Waals surface area contributed by atoms with Crippen molar-refractivity contribution >= 4 is 11.7 Å². The SMILES string of the molecule is Cc1nc(N(C)C)cc(C2(C)CCCN(C(=O)c3ccccc3OCCN3CCOCC3)C2)n1. The van der Waals surface area contributed by atoms with Gasteiger partial charge >= 0.3 is 0 Å². The summed E-state index contributed by atoms with van der Waals surface area (Å²) in [6.07, 6.45) is 1.92. The van der Waals surface area contributed by atoms with Gasteiger partial charge in [-0.3, -0.25) is 9.69 Å². The van der Waals surface area contributed by atoms with E-state index >= 15 is 0 Å². The van der Waals surface area contributed by atoms with Crippen molar-refractivity contribution in [3.05, 3.63) is 47.4 Å². The van der Waals surface area contributed by atoms with E-state index in [0.29, 0.717) is 24.5 Å². The monoisotopic (exact) mass is 467 g/mol. The quantitative estimate of drug-likeness (QED) is 0.620. The standard InChI is InChI=1S/C26H37N5O3/c1-20-27-23(18-24(28-20)29(3)4)26(2)10-7-11-31(19-26)25(32)21-8-5-6-9-22(21)34-17-14-30-12-15-33-16-13-30/h5-6,8-9,18H,7,10-17,19H2,1-4H3. The van der Waals surface area contributed by atoms with Crippen molar-refractivity contribution < 1.29 is 14.3 Å². The van der Waals surface area contributed by atoms with Crippen molar-refractivity contribution in [3.8, 4) is 5.75 Å². The van der Waals surface area contributed by atoms with Gasteiger partial charge in [-0.25, -0.2) is 9.97 Å². The number of piperidine rings is 1. The number of hydrogen-bond donors (Lipinski definition) is 0. The van der Waals surface area contributed by atoms with Crippen LogP contribution in [0.1, 0.15) is 41.6 Å². The zero-order valence-electron chi connectivity index (χ0n) is 20.9. The van der Waals surface area contributed by atoms with Crippen molar-refractivity contribution in [1.29, 1.82) is 0 Å². The second-order valence-corrected chi connectivity index (χ2v) is 9.74. The molecule has 4 rings (SSSR count). The summed E-state index contributed by atoms with van der Waals surface area (Å²) < 4.78 is 11.5. The Hall–Kier alpha value is -2.71. The average molecular weight is 468 g/mol. The molecule has 2 aliphatic heterocycles. The van der Waals surface area contributed by atoms with E-state index in [1.54, 1.807) is 0 Å². The molecule has 2 aromatic rings. The number of amides is 1. The van der Waals surface area contributed by atoms with Crippen molar-refractivity contribution in [2.45, 2.75) is 32.1 Å². The molecule has 2 fully saturated rings. The van der Waals surface area contributed by atoms with Gasteiger partial charge in [0.1, 0.15) is 24.0 Å². The lowest BCUT2D eigenvalue weighted by Gasteiger charge is -2.40. The number of carbonyl (C=O) groups excluding carboxylic acids is 1. The number of ether oxygens (including phenoxy) is 2. The molecule has 1 atom stereocenters. The van der Waals surface area contributed by atoms with Crippen LogP contribution in [-0.2, 0) is 10.2 Å².